The van der Waals surface area contributed by atoms with E-state index in [9.17, 15) is 4.79 Å². The molecule has 14 heavy (non-hydrogen) atoms. The maximum atomic E-state index is 11.6. The lowest BCUT2D eigenvalue weighted by molar-refractivity contribution is -0.130. The average Bonchev–Trinajstić information content (AvgIpc) is 2.25. The predicted molar refractivity (Wildman–Crippen MR) is 56.2 cm³/mol. The summed E-state index contributed by atoms with van der Waals surface area (Å²) in [7, 11) is 1.90. The van der Waals surface area contributed by atoms with Crippen LogP contribution in [0.4, 0.5) is 0 Å². The van der Waals surface area contributed by atoms with Crippen LogP contribution in [0, 0.1) is 0 Å². The van der Waals surface area contributed by atoms with E-state index in [-0.39, 0.29) is 5.91 Å². The number of nitrogens with one attached hydrogen (secondary N) is 3. The number of rotatable bonds is 5. The van der Waals surface area contributed by atoms with Gasteiger partial charge in [-0.3, -0.25) is 4.79 Å². The molecule has 0 unspecified atom stereocenters. The third-order valence-corrected chi connectivity index (χ3v) is 2.30. The number of piperazine rings is 1. The summed E-state index contributed by atoms with van der Waals surface area (Å²) < 4.78 is 0. The highest BCUT2D eigenvalue weighted by molar-refractivity contribution is 5.78. The molecular formula is C9H20N4O. The summed E-state index contributed by atoms with van der Waals surface area (Å²) in [5.74, 6) is 0.211. The van der Waals surface area contributed by atoms with Crippen molar-refractivity contribution < 1.29 is 4.79 Å². The number of amides is 1. The van der Waals surface area contributed by atoms with E-state index in [4.69, 9.17) is 0 Å². The van der Waals surface area contributed by atoms with Crippen molar-refractivity contribution in [1.82, 2.24) is 20.9 Å². The Kier molecular flexibility index (Phi) is 5.51. The van der Waals surface area contributed by atoms with Crippen molar-refractivity contribution >= 4 is 5.91 Å². The lowest BCUT2D eigenvalue weighted by atomic mass is 10.3. The number of nitrogens with zero attached hydrogens (tertiary/aromatic N) is 1. The second-order valence-electron chi connectivity index (χ2n) is 3.41. The molecule has 0 saturated carbocycles. The second-order valence-corrected chi connectivity index (χ2v) is 3.41. The van der Waals surface area contributed by atoms with Crippen molar-refractivity contribution in [3.05, 3.63) is 0 Å². The first-order chi connectivity index (χ1) is 6.84. The van der Waals surface area contributed by atoms with Crippen molar-refractivity contribution in [3.63, 3.8) is 0 Å². The fraction of sp³-hybridized carbons (Fsp3) is 0.889. The fourth-order valence-electron chi connectivity index (χ4n) is 1.43. The summed E-state index contributed by atoms with van der Waals surface area (Å²) in [6, 6.07) is 0. The van der Waals surface area contributed by atoms with Gasteiger partial charge in [0.05, 0.1) is 6.54 Å². The number of hydrogen-bond acceptors (Lipinski definition) is 4. The molecule has 0 aromatic rings. The van der Waals surface area contributed by atoms with Gasteiger partial charge in [0, 0.05) is 39.3 Å². The zero-order chi connectivity index (χ0) is 10.2. The van der Waals surface area contributed by atoms with Gasteiger partial charge in [-0.05, 0) is 7.05 Å². The molecule has 0 bridgehead atoms. The molecule has 0 aromatic heterocycles. The van der Waals surface area contributed by atoms with Crippen molar-refractivity contribution in [1.29, 1.82) is 0 Å². The molecule has 1 saturated heterocycles. The minimum atomic E-state index is 0.211. The van der Waals surface area contributed by atoms with E-state index < -0.39 is 0 Å². The van der Waals surface area contributed by atoms with Crippen LogP contribution in [-0.2, 0) is 4.79 Å². The van der Waals surface area contributed by atoms with Crippen LogP contribution in [0.2, 0.25) is 0 Å². The Morgan fingerprint density at radius 2 is 2.07 bits per heavy atom. The Morgan fingerprint density at radius 3 is 2.71 bits per heavy atom. The molecule has 0 aliphatic carbocycles. The molecule has 5 nitrogen and oxygen atoms in total. The summed E-state index contributed by atoms with van der Waals surface area (Å²) in [5, 5.41) is 9.35. The Morgan fingerprint density at radius 1 is 1.36 bits per heavy atom. The normalized spacial score (nSPS) is 17.1. The molecule has 1 aliphatic rings. The van der Waals surface area contributed by atoms with E-state index in [0.717, 1.165) is 39.3 Å². The molecule has 1 rings (SSSR count). The number of hydrogen-bond donors (Lipinski definition) is 3. The monoisotopic (exact) mass is 200 g/mol. The van der Waals surface area contributed by atoms with E-state index in [2.05, 4.69) is 16.0 Å². The summed E-state index contributed by atoms with van der Waals surface area (Å²) in [4.78, 5) is 13.5. The zero-order valence-corrected chi connectivity index (χ0v) is 8.81. The Bertz CT molecular complexity index is 168. The second kappa shape index (κ2) is 6.75. The molecule has 1 fully saturated rings. The number of likely N-dealkylation sites (N-methyl/N-ethyl adjacent to an activating group) is 1. The lowest BCUT2D eigenvalue weighted by Gasteiger charge is -2.27. The summed E-state index contributed by atoms with van der Waals surface area (Å²) in [6.07, 6.45) is 0. The molecule has 0 atom stereocenters. The van der Waals surface area contributed by atoms with Crippen molar-refractivity contribution in [2.24, 2.45) is 0 Å². The molecule has 5 heteroatoms. The molecule has 82 valence electrons. The highest BCUT2D eigenvalue weighted by atomic mass is 16.2. The number of carbonyl (C=O) groups excluding carboxylic acids is 1. The minimum absolute atomic E-state index is 0.211. The first-order valence-corrected chi connectivity index (χ1v) is 5.18. The van der Waals surface area contributed by atoms with Crippen LogP contribution in [0.5, 0.6) is 0 Å². The molecule has 1 amide bonds. The van der Waals surface area contributed by atoms with E-state index in [1.807, 2.05) is 11.9 Å². The van der Waals surface area contributed by atoms with Crippen LogP contribution >= 0.6 is 0 Å². The Balaban J connectivity index is 2.07. The zero-order valence-electron chi connectivity index (χ0n) is 8.81. The van der Waals surface area contributed by atoms with Gasteiger partial charge in [0.1, 0.15) is 0 Å². The van der Waals surface area contributed by atoms with Gasteiger partial charge < -0.3 is 20.9 Å². The van der Waals surface area contributed by atoms with Crippen molar-refractivity contribution in [2.45, 2.75) is 0 Å². The van der Waals surface area contributed by atoms with Crippen molar-refractivity contribution in [2.75, 3.05) is 52.9 Å². The van der Waals surface area contributed by atoms with Crippen LogP contribution in [-0.4, -0.2) is 63.7 Å². The van der Waals surface area contributed by atoms with Gasteiger partial charge in [0.15, 0.2) is 0 Å². The van der Waals surface area contributed by atoms with Crippen LogP contribution in [0.15, 0.2) is 0 Å². The maximum Gasteiger partial charge on any atom is 0.236 e. The first-order valence-electron chi connectivity index (χ1n) is 5.18. The molecule has 1 aliphatic heterocycles. The van der Waals surface area contributed by atoms with Gasteiger partial charge in [-0.1, -0.05) is 0 Å². The van der Waals surface area contributed by atoms with Gasteiger partial charge in [-0.15, -0.1) is 0 Å². The third-order valence-electron chi connectivity index (χ3n) is 2.30. The smallest absolute Gasteiger partial charge is 0.236 e. The molecule has 0 radical (unpaired) electrons. The topological polar surface area (TPSA) is 56.4 Å². The van der Waals surface area contributed by atoms with E-state index in [0.29, 0.717) is 6.54 Å². The van der Waals surface area contributed by atoms with E-state index in [1.54, 1.807) is 0 Å². The average molecular weight is 200 g/mol. The highest BCUT2D eigenvalue weighted by Crippen LogP contribution is 1.91. The van der Waals surface area contributed by atoms with Gasteiger partial charge in [-0.25, -0.2) is 0 Å². The summed E-state index contributed by atoms with van der Waals surface area (Å²) in [6.45, 7) is 5.72. The fourth-order valence-corrected chi connectivity index (χ4v) is 1.43. The maximum absolute atomic E-state index is 11.6. The Labute approximate surface area is 85.2 Å². The third kappa shape index (κ3) is 4.04. The standard InChI is InChI=1S/C9H20N4O/c1-10-2-3-12-8-9(14)13-6-4-11-5-7-13/h10-12H,2-8H2,1H3. The van der Waals surface area contributed by atoms with E-state index >= 15 is 0 Å². The van der Waals surface area contributed by atoms with Crippen molar-refractivity contribution in [3.8, 4) is 0 Å². The van der Waals surface area contributed by atoms with Crippen LogP contribution in [0.3, 0.4) is 0 Å². The van der Waals surface area contributed by atoms with Gasteiger partial charge >= 0.3 is 0 Å². The SMILES string of the molecule is CNCCNCC(=O)N1CCNCC1. The van der Waals surface area contributed by atoms with Gasteiger partial charge in [0.25, 0.3) is 0 Å². The predicted octanol–water partition coefficient (Wildman–Crippen LogP) is -1.77. The van der Waals surface area contributed by atoms with Gasteiger partial charge in [-0.2, -0.15) is 0 Å². The first kappa shape index (κ1) is 11.4. The largest absolute Gasteiger partial charge is 0.339 e. The number of carbonyl (C=O) groups is 1. The quantitative estimate of drug-likeness (QED) is 0.460. The summed E-state index contributed by atoms with van der Waals surface area (Å²) in [5.41, 5.74) is 0. The van der Waals surface area contributed by atoms with Gasteiger partial charge in [0.2, 0.25) is 5.91 Å². The molecule has 3 N–H and O–H groups in total. The van der Waals surface area contributed by atoms with Crippen LogP contribution < -0.4 is 16.0 Å². The molecular weight excluding hydrogens is 180 g/mol. The lowest BCUT2D eigenvalue weighted by Crippen LogP contribution is -2.49. The molecule has 1 heterocycles. The highest BCUT2D eigenvalue weighted by Gasteiger charge is 2.14. The van der Waals surface area contributed by atoms with Crippen LogP contribution in [0.1, 0.15) is 0 Å². The van der Waals surface area contributed by atoms with E-state index in [1.165, 1.54) is 0 Å². The molecule has 0 spiro atoms. The molecule has 0 aromatic carbocycles. The van der Waals surface area contributed by atoms with Crippen LogP contribution in [0.25, 0.3) is 0 Å². The Hall–Kier alpha value is -0.650. The summed E-state index contributed by atoms with van der Waals surface area (Å²) >= 11 is 0. The minimum Gasteiger partial charge on any atom is -0.339 e.